The molecule has 4 nitrogen and oxygen atoms in total. The van der Waals surface area contributed by atoms with Gasteiger partial charge in [-0.3, -0.25) is 9.59 Å². The molecule has 29 heavy (non-hydrogen) atoms. The molecule has 0 aromatic heterocycles. The number of hydrogen-bond acceptors (Lipinski definition) is 2. The Morgan fingerprint density at radius 3 is 2.07 bits per heavy atom. The zero-order valence-corrected chi connectivity index (χ0v) is 18.0. The van der Waals surface area contributed by atoms with Crippen LogP contribution in [0.15, 0.2) is 48.5 Å². The van der Waals surface area contributed by atoms with Gasteiger partial charge in [0, 0.05) is 30.3 Å². The summed E-state index contributed by atoms with van der Waals surface area (Å²) >= 11 is 0. The van der Waals surface area contributed by atoms with Crippen molar-refractivity contribution < 1.29 is 9.59 Å². The first-order valence-corrected chi connectivity index (χ1v) is 10.6. The van der Waals surface area contributed by atoms with Crippen molar-refractivity contribution in [1.82, 2.24) is 4.90 Å². The summed E-state index contributed by atoms with van der Waals surface area (Å²) in [6, 6.07) is 15.9. The maximum atomic E-state index is 12.8. The Morgan fingerprint density at radius 2 is 1.55 bits per heavy atom. The van der Waals surface area contributed by atoms with Gasteiger partial charge in [0.25, 0.3) is 5.91 Å². The Kier molecular flexibility index (Phi) is 6.41. The standard InChI is InChI=1S/C25H32N2O2/c1-5-18-6-12-22(13-7-18)26-23(28)19-14-16-27(17-15-19)24(29)20-8-10-21(11-9-20)25(2,3)4/h6-13,19H,5,14-17H2,1-4H3,(H,26,28). The SMILES string of the molecule is CCc1ccc(NC(=O)C2CCN(C(=O)c3ccc(C(C)(C)C)cc3)CC2)cc1. The zero-order valence-electron chi connectivity index (χ0n) is 18.0. The number of aryl methyl sites for hydroxylation is 1. The van der Waals surface area contributed by atoms with Crippen molar-refractivity contribution in [2.24, 2.45) is 5.92 Å². The fraction of sp³-hybridized carbons (Fsp3) is 0.440. The predicted octanol–water partition coefficient (Wildman–Crippen LogP) is 5.04. The normalized spacial score (nSPS) is 15.2. The molecule has 4 heteroatoms. The molecule has 0 atom stereocenters. The van der Waals surface area contributed by atoms with Gasteiger partial charge in [-0.05, 0) is 60.1 Å². The van der Waals surface area contributed by atoms with E-state index in [1.54, 1.807) is 0 Å². The average Bonchev–Trinajstić information content (AvgIpc) is 2.73. The molecule has 1 saturated heterocycles. The fourth-order valence-electron chi connectivity index (χ4n) is 3.71. The minimum absolute atomic E-state index is 0.0480. The van der Waals surface area contributed by atoms with Crippen LogP contribution in [0, 0.1) is 5.92 Å². The summed E-state index contributed by atoms with van der Waals surface area (Å²) in [6.07, 6.45) is 2.38. The molecule has 2 amide bonds. The van der Waals surface area contributed by atoms with Crippen molar-refractivity contribution in [3.63, 3.8) is 0 Å². The van der Waals surface area contributed by atoms with Gasteiger partial charge >= 0.3 is 0 Å². The van der Waals surface area contributed by atoms with E-state index in [1.165, 1.54) is 11.1 Å². The molecule has 3 rings (SSSR count). The molecule has 1 aliphatic heterocycles. The molecule has 2 aromatic rings. The van der Waals surface area contributed by atoms with E-state index in [1.807, 2.05) is 53.4 Å². The van der Waals surface area contributed by atoms with Crippen molar-refractivity contribution >= 4 is 17.5 Å². The van der Waals surface area contributed by atoms with Gasteiger partial charge in [-0.15, -0.1) is 0 Å². The Hall–Kier alpha value is -2.62. The number of nitrogens with one attached hydrogen (secondary N) is 1. The Morgan fingerprint density at radius 1 is 0.966 bits per heavy atom. The molecule has 154 valence electrons. The van der Waals surface area contributed by atoms with Gasteiger partial charge in [-0.2, -0.15) is 0 Å². The van der Waals surface area contributed by atoms with E-state index in [4.69, 9.17) is 0 Å². The molecular weight excluding hydrogens is 360 g/mol. The number of amides is 2. The van der Waals surface area contributed by atoms with Crippen LogP contribution in [0.25, 0.3) is 0 Å². The van der Waals surface area contributed by atoms with E-state index in [0.717, 1.165) is 17.7 Å². The van der Waals surface area contributed by atoms with Gasteiger partial charge in [0.05, 0.1) is 0 Å². The van der Waals surface area contributed by atoms with Crippen LogP contribution in [0.4, 0.5) is 5.69 Å². The van der Waals surface area contributed by atoms with E-state index < -0.39 is 0 Å². The van der Waals surface area contributed by atoms with Crippen LogP contribution in [0.1, 0.15) is 62.0 Å². The van der Waals surface area contributed by atoms with Crippen molar-refractivity contribution in [1.29, 1.82) is 0 Å². The zero-order chi connectivity index (χ0) is 21.0. The monoisotopic (exact) mass is 392 g/mol. The first-order chi connectivity index (χ1) is 13.8. The number of carbonyl (C=O) groups is 2. The summed E-state index contributed by atoms with van der Waals surface area (Å²) in [4.78, 5) is 27.3. The third-order valence-electron chi connectivity index (χ3n) is 5.78. The highest BCUT2D eigenvalue weighted by Crippen LogP contribution is 2.24. The van der Waals surface area contributed by atoms with Crippen LogP contribution >= 0.6 is 0 Å². The van der Waals surface area contributed by atoms with Crippen LogP contribution < -0.4 is 5.32 Å². The van der Waals surface area contributed by atoms with Gasteiger partial charge in [-0.25, -0.2) is 0 Å². The minimum atomic E-state index is -0.0480. The van der Waals surface area contributed by atoms with Crippen LogP contribution in [-0.2, 0) is 16.6 Å². The van der Waals surface area contributed by atoms with Crippen molar-refractivity contribution in [2.75, 3.05) is 18.4 Å². The predicted molar refractivity (Wildman–Crippen MR) is 118 cm³/mol. The van der Waals surface area contributed by atoms with Crippen LogP contribution in [0.3, 0.4) is 0 Å². The molecule has 1 N–H and O–H groups in total. The molecule has 0 spiro atoms. The van der Waals surface area contributed by atoms with Gasteiger partial charge in [0.2, 0.25) is 5.91 Å². The lowest BCUT2D eigenvalue weighted by molar-refractivity contribution is -0.121. The van der Waals surface area contributed by atoms with Crippen molar-refractivity contribution in [2.45, 2.75) is 52.4 Å². The second-order valence-electron chi connectivity index (χ2n) is 8.93. The number of rotatable bonds is 4. The van der Waals surface area contributed by atoms with Crippen molar-refractivity contribution in [3.05, 3.63) is 65.2 Å². The molecule has 0 saturated carbocycles. The highest BCUT2D eigenvalue weighted by Gasteiger charge is 2.28. The lowest BCUT2D eigenvalue weighted by Crippen LogP contribution is -2.41. The lowest BCUT2D eigenvalue weighted by Gasteiger charge is -2.31. The number of likely N-dealkylation sites (tertiary alicyclic amines) is 1. The van der Waals surface area contributed by atoms with E-state index in [9.17, 15) is 9.59 Å². The van der Waals surface area contributed by atoms with Crippen LogP contribution in [-0.4, -0.2) is 29.8 Å². The molecule has 0 unspecified atom stereocenters. The van der Waals surface area contributed by atoms with Crippen molar-refractivity contribution in [3.8, 4) is 0 Å². The molecule has 1 heterocycles. The third kappa shape index (κ3) is 5.26. The second-order valence-corrected chi connectivity index (χ2v) is 8.93. The number of piperidine rings is 1. The maximum absolute atomic E-state index is 12.8. The van der Waals surface area contributed by atoms with Gasteiger partial charge in [0.15, 0.2) is 0 Å². The summed E-state index contributed by atoms with van der Waals surface area (Å²) in [5.74, 6) is 0.0588. The largest absolute Gasteiger partial charge is 0.339 e. The van der Waals surface area contributed by atoms with E-state index in [2.05, 4.69) is 33.0 Å². The number of benzene rings is 2. The summed E-state index contributed by atoms with van der Waals surface area (Å²) < 4.78 is 0. The summed E-state index contributed by atoms with van der Waals surface area (Å²) in [5, 5.41) is 3.02. The topological polar surface area (TPSA) is 49.4 Å². The smallest absolute Gasteiger partial charge is 0.253 e. The van der Waals surface area contributed by atoms with E-state index in [0.29, 0.717) is 25.9 Å². The highest BCUT2D eigenvalue weighted by molar-refractivity contribution is 5.95. The first-order valence-electron chi connectivity index (χ1n) is 10.6. The van der Waals surface area contributed by atoms with E-state index >= 15 is 0 Å². The summed E-state index contributed by atoms with van der Waals surface area (Å²) in [6.45, 7) is 9.84. The Bertz CT molecular complexity index is 840. The highest BCUT2D eigenvalue weighted by atomic mass is 16.2. The average molecular weight is 393 g/mol. The summed E-state index contributed by atoms with van der Waals surface area (Å²) in [7, 11) is 0. The molecule has 0 radical (unpaired) electrons. The minimum Gasteiger partial charge on any atom is -0.339 e. The number of anilines is 1. The molecule has 0 bridgehead atoms. The Balaban J connectivity index is 1.54. The molecule has 1 fully saturated rings. The lowest BCUT2D eigenvalue weighted by atomic mass is 9.86. The maximum Gasteiger partial charge on any atom is 0.253 e. The summed E-state index contributed by atoms with van der Waals surface area (Å²) in [5.41, 5.74) is 4.10. The quantitative estimate of drug-likeness (QED) is 0.793. The third-order valence-corrected chi connectivity index (χ3v) is 5.78. The molecule has 0 aliphatic carbocycles. The van der Waals surface area contributed by atoms with Gasteiger partial charge in [0.1, 0.15) is 0 Å². The molecular formula is C25H32N2O2. The molecule has 2 aromatic carbocycles. The Labute approximate surface area is 174 Å². The number of nitrogens with zero attached hydrogens (tertiary/aromatic N) is 1. The molecule has 1 aliphatic rings. The van der Waals surface area contributed by atoms with Crippen LogP contribution in [0.5, 0.6) is 0 Å². The second kappa shape index (κ2) is 8.81. The fourth-order valence-corrected chi connectivity index (χ4v) is 3.71. The number of hydrogen-bond donors (Lipinski definition) is 1. The first kappa shape index (κ1) is 21.1. The number of carbonyl (C=O) groups excluding carboxylic acids is 2. The van der Waals surface area contributed by atoms with Gasteiger partial charge in [-0.1, -0.05) is 52.0 Å². The van der Waals surface area contributed by atoms with E-state index in [-0.39, 0.29) is 23.1 Å². The van der Waals surface area contributed by atoms with Crippen LogP contribution in [0.2, 0.25) is 0 Å². The van der Waals surface area contributed by atoms with Gasteiger partial charge < -0.3 is 10.2 Å².